The smallest absolute Gasteiger partial charge is 0.276 e. The average Bonchev–Trinajstić information content (AvgIpc) is 3.21. The highest BCUT2D eigenvalue weighted by Crippen LogP contribution is 2.22. The molecule has 0 bridgehead atoms. The summed E-state index contributed by atoms with van der Waals surface area (Å²) in [5.74, 6) is 0.427. The van der Waals surface area contributed by atoms with Crippen LogP contribution in [0.1, 0.15) is 29.8 Å². The van der Waals surface area contributed by atoms with Crippen molar-refractivity contribution in [2.75, 3.05) is 55.8 Å². The predicted molar refractivity (Wildman–Crippen MR) is 110 cm³/mol. The highest BCUT2D eigenvalue weighted by Gasteiger charge is 2.13. The molecule has 1 aromatic carbocycles. The summed E-state index contributed by atoms with van der Waals surface area (Å²) >= 11 is 0. The van der Waals surface area contributed by atoms with Gasteiger partial charge in [0, 0.05) is 31.0 Å². The molecule has 1 aromatic heterocycles. The van der Waals surface area contributed by atoms with Crippen LogP contribution in [-0.2, 0) is 0 Å². The molecule has 27 heavy (non-hydrogen) atoms. The van der Waals surface area contributed by atoms with Crippen LogP contribution in [0.3, 0.4) is 0 Å². The molecule has 0 aliphatic carbocycles. The van der Waals surface area contributed by atoms with Gasteiger partial charge in [0.1, 0.15) is 5.82 Å². The van der Waals surface area contributed by atoms with Crippen molar-refractivity contribution < 1.29 is 4.79 Å². The molecule has 0 saturated carbocycles. The van der Waals surface area contributed by atoms with Gasteiger partial charge in [-0.2, -0.15) is 0 Å². The number of carbonyl (C=O) groups is 1. The van der Waals surface area contributed by atoms with E-state index in [9.17, 15) is 4.79 Å². The molecule has 3 rings (SSSR count). The fourth-order valence-electron chi connectivity index (χ4n) is 3.09. The average molecular weight is 368 g/mol. The van der Waals surface area contributed by atoms with Gasteiger partial charge < -0.3 is 20.4 Å². The normalized spacial score (nSPS) is 13.8. The summed E-state index contributed by atoms with van der Waals surface area (Å²) in [6.07, 6.45) is 3.51. The Morgan fingerprint density at radius 2 is 1.81 bits per heavy atom. The van der Waals surface area contributed by atoms with Gasteiger partial charge in [0.25, 0.3) is 5.91 Å². The summed E-state index contributed by atoms with van der Waals surface area (Å²) in [4.78, 5) is 16.9. The lowest BCUT2D eigenvalue weighted by Gasteiger charge is -2.17. The van der Waals surface area contributed by atoms with Crippen molar-refractivity contribution in [2.45, 2.75) is 19.3 Å². The molecule has 2 N–H and O–H groups in total. The highest BCUT2D eigenvalue weighted by molar-refractivity contribution is 6.02. The Hall–Kier alpha value is -2.67. The van der Waals surface area contributed by atoms with Crippen molar-refractivity contribution in [1.29, 1.82) is 0 Å². The van der Waals surface area contributed by atoms with Crippen LogP contribution in [0.25, 0.3) is 0 Å². The second-order valence-electron chi connectivity index (χ2n) is 7.08. The number of anilines is 3. The molecule has 7 nitrogen and oxygen atoms in total. The lowest BCUT2D eigenvalue weighted by Crippen LogP contribution is -2.18. The Bertz CT molecular complexity index is 723. The molecule has 7 heteroatoms. The number of nitrogens with one attached hydrogen (secondary N) is 2. The zero-order valence-electron chi connectivity index (χ0n) is 16.1. The molecule has 1 saturated heterocycles. The minimum Gasteiger partial charge on any atom is -0.372 e. The maximum Gasteiger partial charge on any atom is 0.276 e. The van der Waals surface area contributed by atoms with Gasteiger partial charge in [-0.25, -0.2) is 0 Å². The van der Waals surface area contributed by atoms with E-state index in [4.69, 9.17) is 0 Å². The van der Waals surface area contributed by atoms with Crippen molar-refractivity contribution in [3.05, 3.63) is 42.1 Å². The van der Waals surface area contributed by atoms with Crippen molar-refractivity contribution in [3.8, 4) is 0 Å². The zero-order chi connectivity index (χ0) is 19.1. The molecule has 1 aliphatic rings. The van der Waals surface area contributed by atoms with E-state index in [1.54, 1.807) is 12.1 Å². The zero-order valence-corrected chi connectivity index (χ0v) is 16.1. The predicted octanol–water partition coefficient (Wildman–Crippen LogP) is 2.69. The van der Waals surface area contributed by atoms with Gasteiger partial charge in [0.15, 0.2) is 5.69 Å². The molecule has 1 aliphatic heterocycles. The van der Waals surface area contributed by atoms with E-state index >= 15 is 0 Å². The van der Waals surface area contributed by atoms with Crippen LogP contribution in [0.2, 0.25) is 0 Å². The number of hydrogen-bond acceptors (Lipinski definition) is 6. The minimum absolute atomic E-state index is 0.254. The molecule has 2 aromatic rings. The van der Waals surface area contributed by atoms with Crippen LogP contribution in [0, 0.1) is 0 Å². The van der Waals surface area contributed by atoms with Gasteiger partial charge in [0.05, 0.1) is 0 Å². The number of rotatable bonds is 8. The number of benzene rings is 1. The van der Waals surface area contributed by atoms with Crippen molar-refractivity contribution >= 4 is 23.1 Å². The topological polar surface area (TPSA) is 73.4 Å². The molecule has 1 fully saturated rings. The third-order valence-electron chi connectivity index (χ3n) is 4.58. The Balaban J connectivity index is 1.50. The van der Waals surface area contributed by atoms with Crippen LogP contribution in [-0.4, -0.2) is 61.3 Å². The monoisotopic (exact) mass is 368 g/mol. The minimum atomic E-state index is -0.254. The van der Waals surface area contributed by atoms with Crippen LogP contribution in [0.15, 0.2) is 36.4 Å². The number of amides is 1. The SMILES string of the molecule is CN(C)CCCNc1ccc(C(=O)Nc2ccc(N3CCCC3)cc2)nn1. The number of aromatic nitrogens is 2. The molecule has 0 spiro atoms. The first-order chi connectivity index (χ1) is 13.1. The molecular weight excluding hydrogens is 340 g/mol. The van der Waals surface area contributed by atoms with Crippen LogP contribution in [0.5, 0.6) is 0 Å². The number of carbonyl (C=O) groups excluding carboxylic acids is 1. The van der Waals surface area contributed by atoms with Crippen molar-refractivity contribution in [3.63, 3.8) is 0 Å². The van der Waals surface area contributed by atoms with Crippen LogP contribution >= 0.6 is 0 Å². The summed E-state index contributed by atoms with van der Waals surface area (Å²) in [7, 11) is 4.10. The van der Waals surface area contributed by atoms with E-state index in [0.29, 0.717) is 11.5 Å². The van der Waals surface area contributed by atoms with Gasteiger partial charge in [-0.15, -0.1) is 10.2 Å². The van der Waals surface area contributed by atoms with Gasteiger partial charge >= 0.3 is 0 Å². The second-order valence-corrected chi connectivity index (χ2v) is 7.08. The molecule has 0 radical (unpaired) electrons. The van der Waals surface area contributed by atoms with E-state index in [1.165, 1.54) is 18.5 Å². The summed E-state index contributed by atoms with van der Waals surface area (Å²) in [6.45, 7) is 4.05. The summed E-state index contributed by atoms with van der Waals surface area (Å²) in [5.41, 5.74) is 2.27. The summed E-state index contributed by atoms with van der Waals surface area (Å²) in [6, 6.07) is 11.4. The maximum atomic E-state index is 12.4. The summed E-state index contributed by atoms with van der Waals surface area (Å²) in [5, 5.41) is 14.2. The molecule has 0 unspecified atom stereocenters. The maximum absolute atomic E-state index is 12.4. The van der Waals surface area contributed by atoms with E-state index in [1.807, 2.05) is 38.4 Å². The standard InChI is InChI=1S/C20H28N6O/c1-25(2)13-5-12-21-19-11-10-18(23-24-19)20(27)22-16-6-8-17(9-7-16)26-14-3-4-15-26/h6-11H,3-5,12-15H2,1-2H3,(H,21,24)(H,22,27). The Labute approximate surface area is 160 Å². The quantitative estimate of drug-likeness (QED) is 0.698. The third-order valence-corrected chi connectivity index (χ3v) is 4.58. The van der Waals surface area contributed by atoms with E-state index in [-0.39, 0.29) is 5.91 Å². The molecule has 144 valence electrons. The van der Waals surface area contributed by atoms with Gasteiger partial charge in [-0.3, -0.25) is 4.79 Å². The van der Waals surface area contributed by atoms with Crippen LogP contribution < -0.4 is 15.5 Å². The Morgan fingerprint density at radius 1 is 1.07 bits per heavy atom. The Kier molecular flexibility index (Phi) is 6.59. The first-order valence-electron chi connectivity index (χ1n) is 9.50. The largest absolute Gasteiger partial charge is 0.372 e. The number of hydrogen-bond donors (Lipinski definition) is 2. The fourth-order valence-corrected chi connectivity index (χ4v) is 3.09. The first kappa shape index (κ1) is 19.1. The lowest BCUT2D eigenvalue weighted by molar-refractivity contribution is 0.102. The van der Waals surface area contributed by atoms with Crippen molar-refractivity contribution in [2.24, 2.45) is 0 Å². The van der Waals surface area contributed by atoms with E-state index < -0.39 is 0 Å². The van der Waals surface area contributed by atoms with Gasteiger partial charge in [-0.05, 0) is 76.3 Å². The molecular formula is C20H28N6O. The van der Waals surface area contributed by atoms with Crippen molar-refractivity contribution in [1.82, 2.24) is 15.1 Å². The van der Waals surface area contributed by atoms with Crippen LogP contribution in [0.4, 0.5) is 17.2 Å². The highest BCUT2D eigenvalue weighted by atomic mass is 16.1. The lowest BCUT2D eigenvalue weighted by atomic mass is 10.2. The first-order valence-corrected chi connectivity index (χ1v) is 9.50. The van der Waals surface area contributed by atoms with E-state index in [2.05, 4.69) is 30.6 Å². The third kappa shape index (κ3) is 5.65. The number of nitrogens with zero attached hydrogens (tertiary/aromatic N) is 4. The molecule has 0 atom stereocenters. The van der Waals surface area contributed by atoms with E-state index in [0.717, 1.165) is 38.3 Å². The van der Waals surface area contributed by atoms with Gasteiger partial charge in [0.2, 0.25) is 0 Å². The molecule has 1 amide bonds. The fraction of sp³-hybridized carbons (Fsp3) is 0.450. The second kappa shape index (κ2) is 9.32. The summed E-state index contributed by atoms with van der Waals surface area (Å²) < 4.78 is 0. The van der Waals surface area contributed by atoms with Gasteiger partial charge in [-0.1, -0.05) is 0 Å². The Morgan fingerprint density at radius 3 is 2.44 bits per heavy atom. The molecule has 2 heterocycles.